The van der Waals surface area contributed by atoms with E-state index >= 15 is 0 Å². The van der Waals surface area contributed by atoms with Crippen LogP contribution in [0.3, 0.4) is 0 Å². The number of halogens is 1. The zero-order valence-corrected chi connectivity index (χ0v) is 10.8. The molecular weight excluding hydrogens is 218 g/mol. The molecule has 1 saturated carbocycles. The highest BCUT2D eigenvalue weighted by molar-refractivity contribution is 6.31. The second-order valence-electron chi connectivity index (χ2n) is 4.87. The van der Waals surface area contributed by atoms with Crippen LogP contribution in [-0.4, -0.2) is 7.05 Å². The van der Waals surface area contributed by atoms with Gasteiger partial charge in [-0.3, -0.25) is 0 Å². The van der Waals surface area contributed by atoms with Crippen molar-refractivity contribution < 1.29 is 0 Å². The predicted molar refractivity (Wildman–Crippen MR) is 69.9 cm³/mol. The summed E-state index contributed by atoms with van der Waals surface area (Å²) in [6.45, 7) is 2.05. The van der Waals surface area contributed by atoms with E-state index in [4.69, 9.17) is 11.6 Å². The third-order valence-corrected chi connectivity index (χ3v) is 3.91. The lowest BCUT2D eigenvalue weighted by Gasteiger charge is -2.17. The molecule has 2 rings (SSSR count). The van der Waals surface area contributed by atoms with E-state index in [0.717, 1.165) is 16.5 Å². The van der Waals surface area contributed by atoms with Crippen LogP contribution in [0, 0.1) is 12.8 Å². The van der Waals surface area contributed by atoms with Gasteiger partial charge in [-0.15, -0.1) is 0 Å². The molecule has 1 atom stereocenters. The maximum Gasteiger partial charge on any atom is 0.0438 e. The fourth-order valence-electron chi connectivity index (χ4n) is 2.11. The Morgan fingerprint density at radius 2 is 2.19 bits per heavy atom. The maximum absolute atomic E-state index is 6.16. The summed E-state index contributed by atoms with van der Waals surface area (Å²) >= 11 is 6.16. The Morgan fingerprint density at radius 3 is 2.75 bits per heavy atom. The first kappa shape index (κ1) is 11.9. The average Bonchev–Trinajstić information content (AvgIpc) is 3.08. The Hall–Kier alpha value is -0.530. The van der Waals surface area contributed by atoms with Crippen LogP contribution in [0.5, 0.6) is 0 Å². The summed E-state index contributed by atoms with van der Waals surface area (Å²) in [6, 6.07) is 6.86. The molecule has 16 heavy (non-hydrogen) atoms. The summed E-state index contributed by atoms with van der Waals surface area (Å²) in [5.41, 5.74) is 2.47. The Balaban J connectivity index is 2.02. The van der Waals surface area contributed by atoms with Crippen molar-refractivity contribution in [3.8, 4) is 0 Å². The van der Waals surface area contributed by atoms with Crippen LogP contribution in [-0.2, 0) is 0 Å². The first-order valence-electron chi connectivity index (χ1n) is 6.14. The number of aryl methyl sites for hydroxylation is 1. The highest BCUT2D eigenvalue weighted by Crippen LogP contribution is 2.36. The van der Waals surface area contributed by atoms with E-state index in [9.17, 15) is 0 Å². The van der Waals surface area contributed by atoms with Crippen LogP contribution in [0.2, 0.25) is 5.02 Å². The van der Waals surface area contributed by atoms with Crippen molar-refractivity contribution in [2.75, 3.05) is 7.05 Å². The normalized spacial score (nSPS) is 17.4. The molecule has 0 radical (unpaired) electrons. The number of hydrogen-bond acceptors (Lipinski definition) is 1. The molecule has 88 valence electrons. The van der Waals surface area contributed by atoms with E-state index < -0.39 is 0 Å². The summed E-state index contributed by atoms with van der Waals surface area (Å²) in [5.74, 6) is 0.997. The zero-order valence-electron chi connectivity index (χ0n) is 10.1. The number of nitrogens with one attached hydrogen (secondary N) is 1. The van der Waals surface area contributed by atoms with Crippen LogP contribution < -0.4 is 5.32 Å². The van der Waals surface area contributed by atoms with Crippen LogP contribution in [0.25, 0.3) is 0 Å². The lowest BCUT2D eigenvalue weighted by Crippen LogP contribution is -2.16. The SMILES string of the molecule is CNC(CCC1CC1)c1ccc(C)c(Cl)c1. The van der Waals surface area contributed by atoms with Crippen molar-refractivity contribution in [2.45, 2.75) is 38.6 Å². The van der Waals surface area contributed by atoms with Gasteiger partial charge in [-0.1, -0.05) is 36.6 Å². The summed E-state index contributed by atoms with van der Waals surface area (Å²) in [5, 5.41) is 4.27. The zero-order chi connectivity index (χ0) is 11.5. The molecule has 0 spiro atoms. The summed E-state index contributed by atoms with van der Waals surface area (Å²) in [6.07, 6.45) is 5.44. The third kappa shape index (κ3) is 2.99. The molecule has 0 amide bonds. The second kappa shape index (κ2) is 5.20. The molecule has 1 fully saturated rings. The van der Waals surface area contributed by atoms with Crippen molar-refractivity contribution in [2.24, 2.45) is 5.92 Å². The standard InChI is InChI=1S/C14H20ClN/c1-10-3-7-12(9-13(10)15)14(16-2)8-6-11-4-5-11/h3,7,9,11,14,16H,4-6,8H2,1-2H3. The first-order chi connectivity index (χ1) is 7.70. The minimum Gasteiger partial charge on any atom is -0.313 e. The molecule has 0 aliphatic heterocycles. The van der Waals surface area contributed by atoms with Crippen LogP contribution in [0.15, 0.2) is 18.2 Å². The molecule has 0 aromatic heterocycles. The molecule has 1 aromatic rings. The molecule has 1 unspecified atom stereocenters. The summed E-state index contributed by atoms with van der Waals surface area (Å²) < 4.78 is 0. The molecule has 1 N–H and O–H groups in total. The molecule has 1 nitrogen and oxygen atoms in total. The lowest BCUT2D eigenvalue weighted by molar-refractivity contribution is 0.506. The van der Waals surface area contributed by atoms with Crippen LogP contribution in [0.4, 0.5) is 0 Å². The van der Waals surface area contributed by atoms with Gasteiger partial charge in [-0.05, 0) is 49.9 Å². The predicted octanol–water partition coefficient (Wildman–Crippen LogP) is 4.10. The first-order valence-corrected chi connectivity index (χ1v) is 6.52. The van der Waals surface area contributed by atoms with Crippen molar-refractivity contribution in [3.05, 3.63) is 34.3 Å². The molecular formula is C14H20ClN. The number of rotatable bonds is 5. The fraction of sp³-hybridized carbons (Fsp3) is 0.571. The summed E-state index contributed by atoms with van der Waals surface area (Å²) in [7, 11) is 2.03. The largest absolute Gasteiger partial charge is 0.313 e. The summed E-state index contributed by atoms with van der Waals surface area (Å²) in [4.78, 5) is 0. The van der Waals surface area contributed by atoms with Gasteiger partial charge in [-0.25, -0.2) is 0 Å². The van der Waals surface area contributed by atoms with Gasteiger partial charge in [0, 0.05) is 11.1 Å². The van der Waals surface area contributed by atoms with Gasteiger partial charge in [-0.2, -0.15) is 0 Å². The van der Waals surface area contributed by atoms with E-state index in [-0.39, 0.29) is 0 Å². The van der Waals surface area contributed by atoms with Crippen molar-refractivity contribution >= 4 is 11.6 Å². The quantitative estimate of drug-likeness (QED) is 0.813. The molecule has 1 aromatic carbocycles. The Morgan fingerprint density at radius 1 is 1.44 bits per heavy atom. The molecule has 0 heterocycles. The highest BCUT2D eigenvalue weighted by atomic mass is 35.5. The van der Waals surface area contributed by atoms with Gasteiger partial charge in [0.15, 0.2) is 0 Å². The average molecular weight is 238 g/mol. The van der Waals surface area contributed by atoms with E-state index in [2.05, 4.69) is 23.5 Å². The topological polar surface area (TPSA) is 12.0 Å². The van der Waals surface area contributed by atoms with E-state index in [1.54, 1.807) is 0 Å². The third-order valence-electron chi connectivity index (χ3n) is 3.51. The molecule has 0 saturated heterocycles. The van der Waals surface area contributed by atoms with Crippen molar-refractivity contribution in [1.29, 1.82) is 0 Å². The van der Waals surface area contributed by atoms with Crippen molar-refractivity contribution in [1.82, 2.24) is 5.32 Å². The van der Waals surface area contributed by atoms with Gasteiger partial charge in [0.1, 0.15) is 0 Å². The van der Waals surface area contributed by atoms with E-state index in [0.29, 0.717) is 6.04 Å². The minimum atomic E-state index is 0.457. The number of hydrogen-bond donors (Lipinski definition) is 1. The van der Waals surface area contributed by atoms with Gasteiger partial charge >= 0.3 is 0 Å². The van der Waals surface area contributed by atoms with Gasteiger partial charge in [0.05, 0.1) is 0 Å². The molecule has 2 heteroatoms. The number of benzene rings is 1. The maximum atomic E-state index is 6.16. The highest BCUT2D eigenvalue weighted by Gasteiger charge is 2.22. The van der Waals surface area contributed by atoms with Gasteiger partial charge < -0.3 is 5.32 Å². The Bertz CT molecular complexity index is 358. The van der Waals surface area contributed by atoms with Crippen LogP contribution in [0.1, 0.15) is 42.9 Å². The van der Waals surface area contributed by atoms with E-state index in [1.807, 2.05) is 14.0 Å². The molecule has 1 aliphatic carbocycles. The lowest BCUT2D eigenvalue weighted by atomic mass is 9.99. The minimum absolute atomic E-state index is 0.457. The fourth-order valence-corrected chi connectivity index (χ4v) is 2.30. The monoisotopic (exact) mass is 237 g/mol. The molecule has 1 aliphatic rings. The Labute approximate surface area is 103 Å². The van der Waals surface area contributed by atoms with E-state index in [1.165, 1.54) is 31.2 Å². The smallest absolute Gasteiger partial charge is 0.0438 e. The van der Waals surface area contributed by atoms with Gasteiger partial charge in [0.2, 0.25) is 0 Å². The van der Waals surface area contributed by atoms with Crippen molar-refractivity contribution in [3.63, 3.8) is 0 Å². The van der Waals surface area contributed by atoms with Gasteiger partial charge in [0.25, 0.3) is 0 Å². The molecule has 0 bridgehead atoms. The second-order valence-corrected chi connectivity index (χ2v) is 5.28. The Kier molecular flexibility index (Phi) is 3.88. The van der Waals surface area contributed by atoms with Crippen LogP contribution >= 0.6 is 11.6 Å².